The Bertz CT molecular complexity index is 861. The second kappa shape index (κ2) is 5.74. The van der Waals surface area contributed by atoms with Gasteiger partial charge in [-0.25, -0.2) is 4.98 Å². The number of carbonyl (C=O) groups is 1. The summed E-state index contributed by atoms with van der Waals surface area (Å²) in [5.41, 5.74) is 5.11. The van der Waals surface area contributed by atoms with Gasteiger partial charge in [0.2, 0.25) is 0 Å². The molecular weight excluding hydrogens is 300 g/mol. The molecule has 0 spiro atoms. The summed E-state index contributed by atoms with van der Waals surface area (Å²) in [5, 5.41) is 0. The lowest BCUT2D eigenvalue weighted by atomic mass is 10.1. The van der Waals surface area contributed by atoms with Crippen molar-refractivity contribution in [3.63, 3.8) is 0 Å². The van der Waals surface area contributed by atoms with Crippen molar-refractivity contribution < 1.29 is 4.79 Å². The number of aromatic nitrogens is 3. The van der Waals surface area contributed by atoms with Gasteiger partial charge in [0.05, 0.1) is 22.6 Å². The average molecular weight is 320 g/mol. The zero-order valence-electron chi connectivity index (χ0n) is 13.9. The fourth-order valence-corrected chi connectivity index (χ4v) is 3.40. The monoisotopic (exact) mass is 320 g/mol. The second-order valence-electron chi connectivity index (χ2n) is 6.47. The quantitative estimate of drug-likeness (QED) is 0.785. The Balaban J connectivity index is 1.69. The van der Waals surface area contributed by atoms with Crippen LogP contribution in [0.5, 0.6) is 0 Å². The minimum Gasteiger partial charge on any atom is -0.340 e. The third kappa shape index (κ3) is 2.46. The van der Waals surface area contributed by atoms with Crippen LogP contribution in [-0.4, -0.2) is 32.3 Å². The van der Waals surface area contributed by atoms with Crippen LogP contribution in [0.15, 0.2) is 36.7 Å². The molecule has 0 saturated carbocycles. The second-order valence-corrected chi connectivity index (χ2v) is 6.47. The Labute approximate surface area is 140 Å². The maximum absolute atomic E-state index is 12.8. The largest absolute Gasteiger partial charge is 0.340 e. The van der Waals surface area contributed by atoms with Crippen molar-refractivity contribution in [2.75, 3.05) is 6.54 Å². The Morgan fingerprint density at radius 2 is 2.12 bits per heavy atom. The van der Waals surface area contributed by atoms with Gasteiger partial charge >= 0.3 is 0 Å². The minimum atomic E-state index is 0.00529. The fraction of sp³-hybridized carbons (Fsp3) is 0.316. The molecule has 24 heavy (non-hydrogen) atoms. The molecule has 5 nitrogen and oxygen atoms in total. The molecule has 1 N–H and O–H groups in total. The van der Waals surface area contributed by atoms with Gasteiger partial charge in [0.1, 0.15) is 5.82 Å². The van der Waals surface area contributed by atoms with Gasteiger partial charge in [-0.3, -0.25) is 9.78 Å². The van der Waals surface area contributed by atoms with Gasteiger partial charge in [0.25, 0.3) is 5.91 Å². The van der Waals surface area contributed by atoms with Crippen molar-refractivity contribution in [2.24, 2.45) is 0 Å². The van der Waals surface area contributed by atoms with E-state index >= 15 is 0 Å². The van der Waals surface area contributed by atoms with Crippen LogP contribution in [0.3, 0.4) is 0 Å². The summed E-state index contributed by atoms with van der Waals surface area (Å²) >= 11 is 0. The zero-order valence-corrected chi connectivity index (χ0v) is 13.9. The van der Waals surface area contributed by atoms with E-state index in [1.807, 2.05) is 11.0 Å². The summed E-state index contributed by atoms with van der Waals surface area (Å²) in [7, 11) is 0. The Morgan fingerprint density at radius 1 is 1.29 bits per heavy atom. The van der Waals surface area contributed by atoms with E-state index in [1.165, 1.54) is 11.1 Å². The van der Waals surface area contributed by atoms with Crippen LogP contribution >= 0.6 is 0 Å². The van der Waals surface area contributed by atoms with E-state index < -0.39 is 0 Å². The van der Waals surface area contributed by atoms with Gasteiger partial charge in [-0.05, 0) is 62.1 Å². The molecule has 2 aromatic heterocycles. The number of aryl methyl sites for hydroxylation is 2. The first kappa shape index (κ1) is 14.9. The predicted molar refractivity (Wildman–Crippen MR) is 92.8 cm³/mol. The highest BCUT2D eigenvalue weighted by molar-refractivity contribution is 5.94. The summed E-state index contributed by atoms with van der Waals surface area (Å²) in [6.07, 6.45) is 5.24. The van der Waals surface area contributed by atoms with Gasteiger partial charge in [-0.1, -0.05) is 0 Å². The van der Waals surface area contributed by atoms with Gasteiger partial charge in [-0.2, -0.15) is 0 Å². The third-order valence-corrected chi connectivity index (χ3v) is 4.85. The average Bonchev–Trinajstić information content (AvgIpc) is 3.22. The number of hydrogen-bond acceptors (Lipinski definition) is 3. The summed E-state index contributed by atoms with van der Waals surface area (Å²) in [4.78, 5) is 26.9. The predicted octanol–water partition coefficient (Wildman–Crippen LogP) is 3.55. The van der Waals surface area contributed by atoms with E-state index in [0.29, 0.717) is 5.56 Å². The number of nitrogens with one attached hydrogen (secondary N) is 1. The number of likely N-dealkylation sites (tertiary alicyclic amines) is 1. The maximum atomic E-state index is 12.8. The number of imidazole rings is 1. The summed E-state index contributed by atoms with van der Waals surface area (Å²) in [6.45, 7) is 4.95. The molecule has 122 valence electrons. The van der Waals surface area contributed by atoms with Crippen LogP contribution < -0.4 is 0 Å². The lowest BCUT2D eigenvalue weighted by molar-refractivity contribution is 0.0730. The number of aromatic amines is 1. The van der Waals surface area contributed by atoms with Gasteiger partial charge in [0, 0.05) is 18.9 Å². The lowest BCUT2D eigenvalue weighted by Gasteiger charge is -2.23. The minimum absolute atomic E-state index is 0.00529. The molecule has 3 heterocycles. The Kier molecular flexibility index (Phi) is 3.56. The molecule has 5 heteroatoms. The van der Waals surface area contributed by atoms with Crippen molar-refractivity contribution in [1.29, 1.82) is 0 Å². The molecule has 0 aliphatic carbocycles. The number of carbonyl (C=O) groups excluding carboxylic acids is 1. The number of H-pyrrole nitrogens is 1. The molecule has 1 aromatic carbocycles. The highest BCUT2D eigenvalue weighted by Crippen LogP contribution is 2.33. The zero-order chi connectivity index (χ0) is 16.7. The van der Waals surface area contributed by atoms with E-state index in [9.17, 15) is 4.79 Å². The highest BCUT2D eigenvalue weighted by atomic mass is 16.2. The molecule has 1 saturated heterocycles. The molecular formula is C19H20N4O. The molecule has 1 atom stereocenters. The number of hydrogen-bond donors (Lipinski definition) is 1. The van der Waals surface area contributed by atoms with Crippen LogP contribution in [-0.2, 0) is 0 Å². The normalized spacial score (nSPS) is 17.6. The summed E-state index contributed by atoms with van der Waals surface area (Å²) in [5.74, 6) is 0.906. The van der Waals surface area contributed by atoms with Gasteiger partial charge in [0.15, 0.2) is 0 Å². The maximum Gasteiger partial charge on any atom is 0.256 e. The van der Waals surface area contributed by atoms with Crippen molar-refractivity contribution in [3.8, 4) is 0 Å². The summed E-state index contributed by atoms with van der Waals surface area (Å²) < 4.78 is 0. The van der Waals surface area contributed by atoms with Crippen molar-refractivity contribution in [3.05, 3.63) is 59.2 Å². The fourth-order valence-electron chi connectivity index (χ4n) is 3.40. The number of benzene rings is 1. The molecule has 1 aliphatic heterocycles. The highest BCUT2D eigenvalue weighted by Gasteiger charge is 2.32. The third-order valence-electron chi connectivity index (χ3n) is 4.85. The van der Waals surface area contributed by atoms with Crippen LogP contribution in [0.4, 0.5) is 0 Å². The molecule has 4 rings (SSSR count). The van der Waals surface area contributed by atoms with Crippen molar-refractivity contribution in [1.82, 2.24) is 19.9 Å². The molecule has 3 aromatic rings. The molecule has 1 unspecified atom stereocenters. The first-order valence-electron chi connectivity index (χ1n) is 8.31. The van der Waals surface area contributed by atoms with Crippen molar-refractivity contribution in [2.45, 2.75) is 32.7 Å². The van der Waals surface area contributed by atoms with E-state index in [2.05, 4.69) is 35.9 Å². The van der Waals surface area contributed by atoms with E-state index in [4.69, 9.17) is 4.98 Å². The van der Waals surface area contributed by atoms with Gasteiger partial charge < -0.3 is 9.88 Å². The van der Waals surface area contributed by atoms with Crippen LogP contribution in [0.2, 0.25) is 0 Å². The first-order valence-corrected chi connectivity index (χ1v) is 8.31. The number of rotatable bonds is 2. The Hall–Kier alpha value is -2.69. The number of nitrogens with zero attached hydrogens (tertiary/aromatic N) is 3. The standard InChI is InChI=1S/C19H20N4O/c1-12-9-15-16(10-13(12)2)22-18(21-15)17-6-4-8-23(17)19(24)14-5-3-7-20-11-14/h3,5,7,9-11,17H,4,6,8H2,1-2H3,(H,21,22). The van der Waals surface area contributed by atoms with E-state index in [1.54, 1.807) is 18.5 Å². The van der Waals surface area contributed by atoms with Gasteiger partial charge in [-0.15, -0.1) is 0 Å². The van der Waals surface area contributed by atoms with Crippen molar-refractivity contribution >= 4 is 16.9 Å². The lowest BCUT2D eigenvalue weighted by Crippen LogP contribution is -2.31. The molecule has 0 radical (unpaired) electrons. The SMILES string of the molecule is Cc1cc2nc(C3CCCN3C(=O)c3cccnc3)[nH]c2cc1C. The van der Waals surface area contributed by atoms with Crippen LogP contribution in [0.1, 0.15) is 46.2 Å². The smallest absolute Gasteiger partial charge is 0.256 e. The van der Waals surface area contributed by atoms with Crippen LogP contribution in [0.25, 0.3) is 11.0 Å². The molecule has 1 amide bonds. The summed E-state index contributed by atoms with van der Waals surface area (Å²) in [6, 6.07) is 7.85. The molecule has 0 bridgehead atoms. The number of fused-ring (bicyclic) bond motifs is 1. The molecule has 1 fully saturated rings. The Morgan fingerprint density at radius 3 is 2.92 bits per heavy atom. The van der Waals surface area contributed by atoms with Crippen LogP contribution in [0, 0.1) is 13.8 Å². The molecule has 1 aliphatic rings. The first-order chi connectivity index (χ1) is 11.6. The number of amides is 1. The van der Waals surface area contributed by atoms with E-state index in [-0.39, 0.29) is 11.9 Å². The topological polar surface area (TPSA) is 61.9 Å². The van der Waals surface area contributed by atoms with E-state index in [0.717, 1.165) is 36.2 Å². The number of pyridine rings is 1.